The standard InChI is InChI=1S/C19H19NO3/c1-3-5-15-8-9-18(19(13-15)21-2)23-11-10-22-17-7-4-6-16(12-17)14-20/h3-4,6-9,12-13H,1,5,10-11H2,2H3. The normalized spacial score (nSPS) is 9.74. The maximum Gasteiger partial charge on any atom is 0.161 e. The first-order chi connectivity index (χ1) is 11.3. The van der Waals surface area contributed by atoms with Crippen LogP contribution in [0, 0.1) is 11.3 Å². The largest absolute Gasteiger partial charge is 0.493 e. The minimum atomic E-state index is 0.381. The summed E-state index contributed by atoms with van der Waals surface area (Å²) in [6.45, 7) is 4.49. The summed E-state index contributed by atoms with van der Waals surface area (Å²) >= 11 is 0. The summed E-state index contributed by atoms with van der Waals surface area (Å²) in [5.74, 6) is 2.02. The number of benzene rings is 2. The maximum atomic E-state index is 8.85. The van der Waals surface area contributed by atoms with Crippen molar-refractivity contribution in [2.45, 2.75) is 6.42 Å². The molecule has 118 valence electrons. The molecule has 23 heavy (non-hydrogen) atoms. The quantitative estimate of drug-likeness (QED) is 0.550. The molecule has 2 rings (SSSR count). The highest BCUT2D eigenvalue weighted by Gasteiger charge is 2.05. The Labute approximate surface area is 136 Å². The summed E-state index contributed by atoms with van der Waals surface area (Å²) in [7, 11) is 1.61. The van der Waals surface area contributed by atoms with Gasteiger partial charge in [-0.15, -0.1) is 6.58 Å². The lowest BCUT2D eigenvalue weighted by atomic mass is 10.1. The predicted octanol–water partition coefficient (Wildman–Crippen LogP) is 3.75. The van der Waals surface area contributed by atoms with Crippen LogP contribution in [-0.2, 0) is 6.42 Å². The number of hydrogen-bond donors (Lipinski definition) is 0. The first kappa shape index (κ1) is 16.4. The second kappa shape index (κ2) is 8.50. The van der Waals surface area contributed by atoms with E-state index >= 15 is 0 Å². The zero-order valence-electron chi connectivity index (χ0n) is 13.1. The maximum absolute atomic E-state index is 8.85. The molecule has 2 aromatic rings. The number of nitrogens with zero attached hydrogens (tertiary/aromatic N) is 1. The number of nitriles is 1. The Balaban J connectivity index is 1.88. The molecular weight excluding hydrogens is 290 g/mol. The molecule has 0 spiro atoms. The number of ether oxygens (including phenoxy) is 3. The van der Waals surface area contributed by atoms with E-state index in [1.807, 2.05) is 30.3 Å². The van der Waals surface area contributed by atoms with Gasteiger partial charge in [0.25, 0.3) is 0 Å². The van der Waals surface area contributed by atoms with Crippen LogP contribution in [0.1, 0.15) is 11.1 Å². The van der Waals surface area contributed by atoms with Crippen LogP contribution < -0.4 is 14.2 Å². The van der Waals surface area contributed by atoms with Gasteiger partial charge in [-0.3, -0.25) is 0 Å². The van der Waals surface area contributed by atoms with Crippen molar-refractivity contribution in [1.29, 1.82) is 5.26 Å². The van der Waals surface area contributed by atoms with Gasteiger partial charge in [-0.2, -0.15) is 5.26 Å². The second-order valence-electron chi connectivity index (χ2n) is 4.81. The van der Waals surface area contributed by atoms with E-state index in [0.29, 0.717) is 36.0 Å². The van der Waals surface area contributed by atoms with Gasteiger partial charge in [0.05, 0.1) is 18.7 Å². The van der Waals surface area contributed by atoms with E-state index in [2.05, 4.69) is 12.6 Å². The first-order valence-electron chi connectivity index (χ1n) is 7.30. The molecule has 0 saturated carbocycles. The van der Waals surface area contributed by atoms with E-state index in [1.54, 1.807) is 25.3 Å². The molecule has 0 unspecified atom stereocenters. The van der Waals surface area contributed by atoms with Crippen LogP contribution in [0.5, 0.6) is 17.2 Å². The minimum Gasteiger partial charge on any atom is -0.493 e. The summed E-state index contributed by atoms with van der Waals surface area (Å²) in [6.07, 6.45) is 2.63. The molecule has 0 heterocycles. The van der Waals surface area contributed by atoms with Gasteiger partial charge >= 0.3 is 0 Å². The Hall–Kier alpha value is -2.93. The summed E-state index contributed by atoms with van der Waals surface area (Å²) in [5, 5.41) is 8.85. The molecule has 4 nitrogen and oxygen atoms in total. The fourth-order valence-electron chi connectivity index (χ4n) is 2.09. The lowest BCUT2D eigenvalue weighted by Crippen LogP contribution is -2.09. The van der Waals surface area contributed by atoms with Crippen molar-refractivity contribution < 1.29 is 14.2 Å². The van der Waals surface area contributed by atoms with Crippen molar-refractivity contribution in [1.82, 2.24) is 0 Å². The molecule has 0 N–H and O–H groups in total. The average Bonchev–Trinajstić information content (AvgIpc) is 2.60. The highest BCUT2D eigenvalue weighted by atomic mass is 16.5. The zero-order chi connectivity index (χ0) is 16.5. The van der Waals surface area contributed by atoms with Crippen molar-refractivity contribution >= 4 is 0 Å². The number of hydrogen-bond acceptors (Lipinski definition) is 4. The van der Waals surface area contributed by atoms with Crippen molar-refractivity contribution in [3.05, 3.63) is 66.2 Å². The summed E-state index contributed by atoms with van der Waals surface area (Å²) < 4.78 is 16.6. The Morgan fingerprint density at radius 1 is 1.09 bits per heavy atom. The van der Waals surface area contributed by atoms with Gasteiger partial charge in [-0.1, -0.05) is 18.2 Å². The molecule has 0 aliphatic carbocycles. The molecule has 0 aromatic heterocycles. The van der Waals surface area contributed by atoms with Gasteiger partial charge in [-0.05, 0) is 42.3 Å². The van der Waals surface area contributed by atoms with Crippen LogP contribution in [0.25, 0.3) is 0 Å². The van der Waals surface area contributed by atoms with E-state index < -0.39 is 0 Å². The third-order valence-electron chi connectivity index (χ3n) is 3.18. The molecule has 2 aromatic carbocycles. The average molecular weight is 309 g/mol. The van der Waals surface area contributed by atoms with Crippen LogP contribution in [0.3, 0.4) is 0 Å². The molecule has 4 heteroatoms. The first-order valence-corrected chi connectivity index (χ1v) is 7.30. The summed E-state index contributed by atoms with van der Waals surface area (Å²) in [6, 6.07) is 14.9. The fourth-order valence-corrected chi connectivity index (χ4v) is 2.09. The molecule has 0 aliphatic heterocycles. The molecule has 0 amide bonds. The third kappa shape index (κ3) is 4.79. The van der Waals surface area contributed by atoms with E-state index in [4.69, 9.17) is 19.5 Å². The van der Waals surface area contributed by atoms with E-state index in [1.165, 1.54) is 0 Å². The van der Waals surface area contributed by atoms with E-state index in [9.17, 15) is 0 Å². The van der Waals surface area contributed by atoms with Crippen molar-refractivity contribution in [2.24, 2.45) is 0 Å². The van der Waals surface area contributed by atoms with Crippen LogP contribution >= 0.6 is 0 Å². The topological polar surface area (TPSA) is 51.5 Å². The highest BCUT2D eigenvalue weighted by molar-refractivity contribution is 5.43. The zero-order valence-corrected chi connectivity index (χ0v) is 13.1. The smallest absolute Gasteiger partial charge is 0.161 e. The van der Waals surface area contributed by atoms with Gasteiger partial charge in [0.1, 0.15) is 19.0 Å². The van der Waals surface area contributed by atoms with Gasteiger partial charge in [-0.25, -0.2) is 0 Å². The van der Waals surface area contributed by atoms with Crippen LogP contribution in [0.4, 0.5) is 0 Å². The molecule has 0 bridgehead atoms. The SMILES string of the molecule is C=CCc1ccc(OCCOc2cccc(C#N)c2)c(OC)c1. The number of allylic oxidation sites excluding steroid dienone is 1. The number of methoxy groups -OCH3 is 1. The molecule has 0 atom stereocenters. The van der Waals surface area contributed by atoms with Crippen LogP contribution in [0.15, 0.2) is 55.1 Å². The minimum absolute atomic E-state index is 0.381. The van der Waals surface area contributed by atoms with Crippen molar-refractivity contribution in [2.75, 3.05) is 20.3 Å². The van der Waals surface area contributed by atoms with Crippen LogP contribution in [0.2, 0.25) is 0 Å². The third-order valence-corrected chi connectivity index (χ3v) is 3.18. The predicted molar refractivity (Wildman–Crippen MR) is 89.0 cm³/mol. The second-order valence-corrected chi connectivity index (χ2v) is 4.81. The molecular formula is C19H19NO3. The highest BCUT2D eigenvalue weighted by Crippen LogP contribution is 2.28. The monoisotopic (exact) mass is 309 g/mol. The lowest BCUT2D eigenvalue weighted by Gasteiger charge is -2.12. The Kier molecular flexibility index (Phi) is 6.07. The van der Waals surface area contributed by atoms with E-state index in [-0.39, 0.29) is 0 Å². The molecule has 0 fully saturated rings. The van der Waals surface area contributed by atoms with Crippen molar-refractivity contribution in [3.63, 3.8) is 0 Å². The van der Waals surface area contributed by atoms with Gasteiger partial charge in [0.2, 0.25) is 0 Å². The van der Waals surface area contributed by atoms with Gasteiger partial charge < -0.3 is 14.2 Å². The Morgan fingerprint density at radius 3 is 2.65 bits per heavy atom. The van der Waals surface area contributed by atoms with Gasteiger partial charge in [0, 0.05) is 0 Å². The van der Waals surface area contributed by atoms with Gasteiger partial charge in [0.15, 0.2) is 11.5 Å². The lowest BCUT2D eigenvalue weighted by molar-refractivity contribution is 0.211. The van der Waals surface area contributed by atoms with Crippen molar-refractivity contribution in [3.8, 4) is 23.3 Å². The molecule has 0 aliphatic rings. The van der Waals surface area contributed by atoms with Crippen LogP contribution in [-0.4, -0.2) is 20.3 Å². The Morgan fingerprint density at radius 2 is 1.91 bits per heavy atom. The summed E-state index contributed by atoms with van der Waals surface area (Å²) in [4.78, 5) is 0. The van der Waals surface area contributed by atoms with E-state index in [0.717, 1.165) is 12.0 Å². The fraction of sp³-hybridized carbons (Fsp3) is 0.211. The Bertz CT molecular complexity index is 704. The summed E-state index contributed by atoms with van der Waals surface area (Å²) in [5.41, 5.74) is 1.69. The number of rotatable bonds is 8. The molecule has 0 saturated heterocycles. The molecule has 0 radical (unpaired) electrons.